The van der Waals surface area contributed by atoms with Crippen molar-refractivity contribution in [3.05, 3.63) is 107 Å². The minimum atomic E-state index is -5.23. The molecule has 0 radical (unpaired) electrons. The molecular weight excluding hydrogens is 467 g/mol. The lowest BCUT2D eigenvalue weighted by molar-refractivity contribution is -0.219. The molecule has 2 atom stereocenters. The molecule has 1 aliphatic rings. The van der Waals surface area contributed by atoms with Crippen LogP contribution >= 0.6 is 0 Å². The van der Waals surface area contributed by atoms with Crippen LogP contribution in [0.4, 0.5) is 22.0 Å². The molecule has 4 nitrogen and oxygen atoms in total. The first-order valence-electron chi connectivity index (χ1n) is 11.0. The molecule has 9 heteroatoms. The highest BCUT2D eigenvalue weighted by molar-refractivity contribution is 5.76. The van der Waals surface area contributed by atoms with E-state index in [2.05, 4.69) is 10.6 Å². The minimum Gasteiger partial charge on any atom is -0.424 e. The van der Waals surface area contributed by atoms with E-state index < -0.39 is 41.7 Å². The molecule has 0 aromatic heterocycles. The van der Waals surface area contributed by atoms with Gasteiger partial charge in [-0.25, -0.2) is 13.6 Å². The number of halogens is 5. The summed E-state index contributed by atoms with van der Waals surface area (Å²) in [4.78, 5) is 11.9. The number of ether oxygens (including phenoxy) is 1. The Morgan fingerprint density at radius 2 is 1.40 bits per heavy atom. The van der Waals surface area contributed by atoms with Crippen LogP contribution in [0.5, 0.6) is 0 Å². The molecule has 0 aliphatic carbocycles. The zero-order valence-electron chi connectivity index (χ0n) is 18.7. The van der Waals surface area contributed by atoms with Crippen molar-refractivity contribution in [3.63, 3.8) is 0 Å². The summed E-state index contributed by atoms with van der Waals surface area (Å²) in [5.74, 6) is -5.43. The maximum atomic E-state index is 14.0. The van der Waals surface area contributed by atoms with Crippen molar-refractivity contribution >= 4 is 5.97 Å². The number of hydrogen-bond acceptors (Lipinski definition) is 4. The van der Waals surface area contributed by atoms with E-state index in [9.17, 15) is 26.7 Å². The normalized spacial score (nSPS) is 22.2. The minimum absolute atomic E-state index is 0.0739. The Morgan fingerprint density at radius 3 is 1.86 bits per heavy atom. The van der Waals surface area contributed by atoms with E-state index in [1.807, 2.05) is 31.2 Å². The van der Waals surface area contributed by atoms with Gasteiger partial charge in [0.2, 0.25) is 5.85 Å². The molecule has 0 bridgehead atoms. The maximum absolute atomic E-state index is 14.0. The van der Waals surface area contributed by atoms with Gasteiger partial charge in [-0.15, -0.1) is 0 Å². The van der Waals surface area contributed by atoms with Gasteiger partial charge in [0, 0.05) is 6.42 Å². The van der Waals surface area contributed by atoms with Gasteiger partial charge in [-0.2, -0.15) is 13.2 Å². The number of esters is 1. The van der Waals surface area contributed by atoms with Crippen LogP contribution in [0.3, 0.4) is 0 Å². The Labute approximate surface area is 199 Å². The molecule has 1 saturated heterocycles. The van der Waals surface area contributed by atoms with E-state index in [0.29, 0.717) is 11.1 Å². The molecule has 4 rings (SSSR count). The summed E-state index contributed by atoms with van der Waals surface area (Å²) < 4.78 is 72.7. The first kappa shape index (κ1) is 24.8. The highest BCUT2D eigenvalue weighted by Gasteiger charge is 2.52. The van der Waals surface area contributed by atoms with Gasteiger partial charge >= 0.3 is 12.1 Å². The van der Waals surface area contributed by atoms with Crippen LogP contribution in [0.25, 0.3) is 0 Å². The molecule has 3 aromatic rings. The first-order valence-corrected chi connectivity index (χ1v) is 11.0. The van der Waals surface area contributed by atoms with Gasteiger partial charge in [-0.1, -0.05) is 54.1 Å². The quantitative estimate of drug-likeness (QED) is 0.347. The van der Waals surface area contributed by atoms with E-state index in [4.69, 9.17) is 4.74 Å². The lowest BCUT2D eigenvalue weighted by Gasteiger charge is -2.31. The highest BCUT2D eigenvalue weighted by atomic mass is 19.4. The lowest BCUT2D eigenvalue weighted by atomic mass is 9.95. The summed E-state index contributed by atoms with van der Waals surface area (Å²) in [7, 11) is 0. The predicted octanol–water partition coefficient (Wildman–Crippen LogP) is 5.64. The molecule has 2 N–H and O–H groups in total. The summed E-state index contributed by atoms with van der Waals surface area (Å²) in [6, 6.07) is 16.8. The Bertz CT molecular complexity index is 1140. The number of hydrogen-bond donors (Lipinski definition) is 2. The van der Waals surface area contributed by atoms with Crippen LogP contribution in [0.15, 0.2) is 72.8 Å². The summed E-state index contributed by atoms with van der Waals surface area (Å²) >= 11 is 0. The molecular formula is C26H23F5N2O2. The molecule has 1 heterocycles. The van der Waals surface area contributed by atoms with Crippen molar-refractivity contribution in [2.45, 2.75) is 43.9 Å². The summed E-state index contributed by atoms with van der Waals surface area (Å²) in [6.45, 7) is 1.91. The second kappa shape index (κ2) is 9.75. The molecule has 0 spiro atoms. The largest absolute Gasteiger partial charge is 0.491 e. The topological polar surface area (TPSA) is 50.4 Å². The van der Waals surface area contributed by atoms with Gasteiger partial charge in [0.05, 0.1) is 12.1 Å². The van der Waals surface area contributed by atoms with Crippen molar-refractivity contribution < 1.29 is 31.5 Å². The van der Waals surface area contributed by atoms with Gasteiger partial charge in [0.1, 0.15) is 11.6 Å². The van der Waals surface area contributed by atoms with Gasteiger partial charge in [0.15, 0.2) is 0 Å². The van der Waals surface area contributed by atoms with E-state index in [1.54, 1.807) is 12.1 Å². The summed E-state index contributed by atoms with van der Waals surface area (Å²) in [6.07, 6.45) is -5.04. The van der Waals surface area contributed by atoms with Crippen molar-refractivity contribution in [1.82, 2.24) is 10.6 Å². The highest BCUT2D eigenvalue weighted by Crippen LogP contribution is 2.40. The van der Waals surface area contributed by atoms with Crippen LogP contribution in [-0.4, -0.2) is 18.0 Å². The molecule has 2 unspecified atom stereocenters. The Balaban J connectivity index is 1.73. The number of alkyl halides is 3. The lowest BCUT2D eigenvalue weighted by Crippen LogP contribution is -2.55. The predicted molar refractivity (Wildman–Crippen MR) is 119 cm³/mol. The zero-order valence-corrected chi connectivity index (χ0v) is 18.7. The van der Waals surface area contributed by atoms with Crippen molar-refractivity contribution in [3.8, 4) is 0 Å². The fourth-order valence-corrected chi connectivity index (χ4v) is 4.21. The second-order valence-electron chi connectivity index (χ2n) is 8.55. The summed E-state index contributed by atoms with van der Waals surface area (Å²) in [5, 5.41) is 5.91. The van der Waals surface area contributed by atoms with Crippen LogP contribution in [0, 0.1) is 18.6 Å². The average Bonchev–Trinajstić information content (AvgIpc) is 3.18. The molecule has 1 aliphatic heterocycles. The third-order valence-corrected chi connectivity index (χ3v) is 5.91. The smallest absolute Gasteiger partial charge is 0.424 e. The maximum Gasteiger partial charge on any atom is 0.491 e. The fourth-order valence-electron chi connectivity index (χ4n) is 4.21. The van der Waals surface area contributed by atoms with Gasteiger partial charge < -0.3 is 4.74 Å². The van der Waals surface area contributed by atoms with Crippen molar-refractivity contribution in [2.24, 2.45) is 0 Å². The van der Waals surface area contributed by atoms with Crippen LogP contribution in [0.2, 0.25) is 0 Å². The third kappa shape index (κ3) is 5.86. The van der Waals surface area contributed by atoms with Crippen molar-refractivity contribution in [1.29, 1.82) is 0 Å². The molecule has 3 aromatic carbocycles. The molecule has 0 saturated carbocycles. The first-order chi connectivity index (χ1) is 16.5. The number of aryl methyl sites for hydroxylation is 2. The monoisotopic (exact) mass is 490 g/mol. The van der Waals surface area contributed by atoms with E-state index in [1.165, 1.54) is 36.4 Å². The summed E-state index contributed by atoms with van der Waals surface area (Å²) in [5.41, 5.74) is 2.62. The molecule has 184 valence electrons. The molecule has 35 heavy (non-hydrogen) atoms. The third-order valence-electron chi connectivity index (χ3n) is 5.91. The van der Waals surface area contributed by atoms with Crippen LogP contribution in [-0.2, 0) is 16.0 Å². The van der Waals surface area contributed by atoms with E-state index >= 15 is 0 Å². The Hall–Kier alpha value is -3.30. The Kier molecular flexibility index (Phi) is 6.91. The van der Waals surface area contributed by atoms with Gasteiger partial charge in [-0.05, 0) is 54.3 Å². The fraction of sp³-hybridized carbons (Fsp3) is 0.269. The number of rotatable bonds is 6. The molecule has 1 fully saturated rings. The zero-order chi connectivity index (χ0) is 25.2. The number of carbonyl (C=O) groups excluding carboxylic acids is 1. The van der Waals surface area contributed by atoms with E-state index in [-0.39, 0.29) is 12.8 Å². The number of nitrogens with one attached hydrogen (secondary N) is 2. The standard InChI is InChI=1S/C26H23F5N2O2/c1-16-8-10-17(11-9-16)12-13-25(35-24(34)26(29,30)31)32-22(18-4-2-6-20(27)14-18)23(33-25)19-5-3-7-21(28)15-19/h2-11,14-15,22-23,32-33H,12-13H2,1H3. The van der Waals surface area contributed by atoms with Crippen LogP contribution in [0.1, 0.15) is 40.8 Å². The van der Waals surface area contributed by atoms with Crippen LogP contribution < -0.4 is 10.6 Å². The SMILES string of the molecule is Cc1ccc(CCC2(OC(=O)C(F)(F)F)NC(c3cccc(F)c3)C(c3cccc(F)c3)N2)cc1. The Morgan fingerprint density at radius 1 is 0.886 bits per heavy atom. The van der Waals surface area contributed by atoms with Crippen molar-refractivity contribution in [2.75, 3.05) is 0 Å². The number of benzene rings is 3. The molecule has 0 amide bonds. The number of carbonyl (C=O) groups is 1. The van der Waals surface area contributed by atoms with E-state index in [0.717, 1.165) is 11.1 Å². The second-order valence-corrected chi connectivity index (χ2v) is 8.55. The van der Waals surface area contributed by atoms with Gasteiger partial charge in [0.25, 0.3) is 0 Å². The van der Waals surface area contributed by atoms with Gasteiger partial charge in [-0.3, -0.25) is 10.6 Å². The average molecular weight is 490 g/mol.